The predicted octanol–water partition coefficient (Wildman–Crippen LogP) is 2.13. The second-order valence-corrected chi connectivity index (χ2v) is 4.45. The lowest BCUT2D eigenvalue weighted by atomic mass is 10.2. The quantitative estimate of drug-likeness (QED) is 0.859. The van der Waals surface area contributed by atoms with Crippen LogP contribution in [0.2, 0.25) is 5.15 Å². The summed E-state index contributed by atoms with van der Waals surface area (Å²) in [7, 11) is 0. The minimum atomic E-state index is -0.804. The van der Waals surface area contributed by atoms with Gasteiger partial charge in [0.05, 0.1) is 12.1 Å². The number of aliphatic carboxylic acids is 1. The van der Waals surface area contributed by atoms with Gasteiger partial charge in [-0.2, -0.15) is 0 Å². The van der Waals surface area contributed by atoms with Gasteiger partial charge in [0, 0.05) is 12.5 Å². The molecule has 0 bridgehead atoms. The van der Waals surface area contributed by atoms with Crippen LogP contribution in [0.5, 0.6) is 0 Å². The van der Waals surface area contributed by atoms with Crippen molar-refractivity contribution in [2.75, 3.05) is 0 Å². The summed E-state index contributed by atoms with van der Waals surface area (Å²) in [4.78, 5) is 15.0. The summed E-state index contributed by atoms with van der Waals surface area (Å²) < 4.78 is 1.82. The van der Waals surface area contributed by atoms with Crippen molar-refractivity contribution in [1.82, 2.24) is 9.55 Å². The highest BCUT2D eigenvalue weighted by atomic mass is 35.5. The topological polar surface area (TPSA) is 55.1 Å². The number of carbonyl (C=O) groups is 1. The van der Waals surface area contributed by atoms with Gasteiger partial charge in [-0.15, -0.1) is 0 Å². The molecule has 1 N–H and O–H groups in total. The van der Waals surface area contributed by atoms with E-state index in [4.69, 9.17) is 16.7 Å². The van der Waals surface area contributed by atoms with Crippen molar-refractivity contribution in [1.29, 1.82) is 0 Å². The molecule has 2 rings (SSSR count). The lowest BCUT2D eigenvalue weighted by Crippen LogP contribution is -2.18. The summed E-state index contributed by atoms with van der Waals surface area (Å²) in [5, 5.41) is 9.37. The maximum Gasteiger partial charge on any atom is 0.308 e. The Morgan fingerprint density at radius 2 is 2.47 bits per heavy atom. The van der Waals surface area contributed by atoms with E-state index >= 15 is 0 Å². The zero-order chi connectivity index (χ0) is 11.0. The van der Waals surface area contributed by atoms with Gasteiger partial charge in [-0.1, -0.05) is 18.5 Å². The maximum absolute atomic E-state index is 10.8. The molecule has 0 amide bonds. The molecular formula is C10H13ClN2O2. The Labute approximate surface area is 92.9 Å². The molecule has 1 aromatic heterocycles. The monoisotopic (exact) mass is 228 g/mol. The molecule has 1 fully saturated rings. The summed E-state index contributed by atoms with van der Waals surface area (Å²) in [6.07, 6.45) is 3.87. The Balaban J connectivity index is 2.18. The van der Waals surface area contributed by atoms with E-state index < -0.39 is 11.9 Å². The molecule has 1 aliphatic rings. The average Bonchev–Trinajstić information content (AvgIpc) is 2.95. The SMILES string of the molecule is CC(Cn1c(Cl)cnc1C1CC1)C(=O)O. The molecule has 0 saturated heterocycles. The highest BCUT2D eigenvalue weighted by molar-refractivity contribution is 6.29. The number of hydrogen-bond acceptors (Lipinski definition) is 2. The largest absolute Gasteiger partial charge is 0.481 e. The average molecular weight is 229 g/mol. The van der Waals surface area contributed by atoms with Gasteiger partial charge < -0.3 is 9.67 Å². The highest BCUT2D eigenvalue weighted by Gasteiger charge is 2.29. The lowest BCUT2D eigenvalue weighted by Gasteiger charge is -2.11. The van der Waals surface area contributed by atoms with E-state index in [0.29, 0.717) is 17.6 Å². The standard InChI is InChI=1S/C10H13ClN2O2/c1-6(10(14)15)5-13-8(11)4-12-9(13)7-2-3-7/h4,6-7H,2-3,5H2,1H3,(H,14,15). The Hall–Kier alpha value is -1.03. The minimum absolute atomic E-state index is 0.403. The molecule has 82 valence electrons. The Morgan fingerprint density at radius 1 is 1.80 bits per heavy atom. The summed E-state index contributed by atoms with van der Waals surface area (Å²) in [5.41, 5.74) is 0. The fourth-order valence-electron chi connectivity index (χ4n) is 1.57. The number of imidazole rings is 1. The van der Waals surface area contributed by atoms with E-state index in [9.17, 15) is 4.79 Å². The molecule has 1 unspecified atom stereocenters. The van der Waals surface area contributed by atoms with Crippen LogP contribution in [0, 0.1) is 5.92 Å². The molecule has 0 spiro atoms. The molecule has 1 aromatic rings. The number of nitrogens with zero attached hydrogens (tertiary/aromatic N) is 2. The van der Waals surface area contributed by atoms with E-state index in [1.807, 2.05) is 4.57 Å². The summed E-state index contributed by atoms with van der Waals surface area (Å²) in [6, 6.07) is 0. The van der Waals surface area contributed by atoms with Crippen LogP contribution in [0.4, 0.5) is 0 Å². The zero-order valence-corrected chi connectivity index (χ0v) is 9.24. The van der Waals surface area contributed by atoms with Crippen LogP contribution in [0.15, 0.2) is 6.20 Å². The van der Waals surface area contributed by atoms with Crippen LogP contribution in [0.25, 0.3) is 0 Å². The van der Waals surface area contributed by atoms with Crippen LogP contribution in [0.1, 0.15) is 31.5 Å². The highest BCUT2D eigenvalue weighted by Crippen LogP contribution is 2.40. The number of aromatic nitrogens is 2. The molecule has 4 nitrogen and oxygen atoms in total. The third-order valence-corrected chi connectivity index (χ3v) is 2.96. The van der Waals surface area contributed by atoms with Crippen molar-refractivity contribution in [2.24, 2.45) is 5.92 Å². The Kier molecular flexibility index (Phi) is 2.69. The van der Waals surface area contributed by atoms with Crippen molar-refractivity contribution in [3.8, 4) is 0 Å². The van der Waals surface area contributed by atoms with Gasteiger partial charge in [0.25, 0.3) is 0 Å². The third kappa shape index (κ3) is 2.15. The molecule has 1 aliphatic carbocycles. The summed E-state index contributed by atoms with van der Waals surface area (Å²) in [6.45, 7) is 2.08. The van der Waals surface area contributed by atoms with Crippen LogP contribution >= 0.6 is 11.6 Å². The van der Waals surface area contributed by atoms with E-state index in [-0.39, 0.29) is 0 Å². The number of hydrogen-bond donors (Lipinski definition) is 1. The molecule has 0 aliphatic heterocycles. The van der Waals surface area contributed by atoms with Crippen LogP contribution in [-0.2, 0) is 11.3 Å². The van der Waals surface area contributed by atoms with E-state index in [0.717, 1.165) is 18.7 Å². The van der Waals surface area contributed by atoms with Gasteiger partial charge >= 0.3 is 5.97 Å². The van der Waals surface area contributed by atoms with Crippen molar-refractivity contribution < 1.29 is 9.90 Å². The van der Waals surface area contributed by atoms with Gasteiger partial charge in [-0.3, -0.25) is 4.79 Å². The third-order valence-electron chi connectivity index (χ3n) is 2.66. The number of rotatable bonds is 4. The van der Waals surface area contributed by atoms with Gasteiger partial charge in [-0.25, -0.2) is 4.98 Å². The smallest absolute Gasteiger partial charge is 0.308 e. The van der Waals surface area contributed by atoms with Gasteiger partial charge in [0.1, 0.15) is 11.0 Å². The molecule has 1 atom stereocenters. The Bertz CT molecular complexity index is 385. The van der Waals surface area contributed by atoms with Crippen molar-refractivity contribution in [3.05, 3.63) is 17.2 Å². The number of halogens is 1. The first-order valence-electron chi connectivity index (χ1n) is 5.03. The van der Waals surface area contributed by atoms with Gasteiger partial charge in [-0.05, 0) is 12.8 Å². The van der Waals surface area contributed by atoms with E-state index in [2.05, 4.69) is 4.98 Å². The molecular weight excluding hydrogens is 216 g/mol. The van der Waals surface area contributed by atoms with Gasteiger partial charge in [0.15, 0.2) is 0 Å². The zero-order valence-electron chi connectivity index (χ0n) is 8.48. The summed E-state index contributed by atoms with van der Waals surface area (Å²) in [5.74, 6) is 0.183. The molecule has 0 radical (unpaired) electrons. The second kappa shape index (κ2) is 3.85. The fraction of sp³-hybridized carbons (Fsp3) is 0.600. The van der Waals surface area contributed by atoms with E-state index in [1.165, 1.54) is 0 Å². The predicted molar refractivity (Wildman–Crippen MR) is 56.0 cm³/mol. The first kappa shape index (κ1) is 10.5. The fourth-order valence-corrected chi connectivity index (χ4v) is 1.77. The normalized spacial score (nSPS) is 17.7. The summed E-state index contributed by atoms with van der Waals surface area (Å²) >= 11 is 5.97. The number of carboxylic acid groups (broad SMARTS) is 1. The van der Waals surface area contributed by atoms with Crippen molar-refractivity contribution in [2.45, 2.75) is 32.2 Å². The van der Waals surface area contributed by atoms with Crippen LogP contribution in [0.3, 0.4) is 0 Å². The van der Waals surface area contributed by atoms with Crippen molar-refractivity contribution in [3.63, 3.8) is 0 Å². The van der Waals surface area contributed by atoms with E-state index in [1.54, 1.807) is 13.1 Å². The first-order valence-corrected chi connectivity index (χ1v) is 5.41. The molecule has 1 saturated carbocycles. The van der Waals surface area contributed by atoms with Crippen molar-refractivity contribution >= 4 is 17.6 Å². The van der Waals surface area contributed by atoms with Crippen LogP contribution < -0.4 is 0 Å². The van der Waals surface area contributed by atoms with Crippen LogP contribution in [-0.4, -0.2) is 20.6 Å². The Morgan fingerprint density at radius 3 is 3.00 bits per heavy atom. The lowest BCUT2D eigenvalue weighted by molar-refractivity contribution is -0.141. The first-order chi connectivity index (χ1) is 7.09. The second-order valence-electron chi connectivity index (χ2n) is 4.06. The van der Waals surface area contributed by atoms with Gasteiger partial charge in [0.2, 0.25) is 0 Å². The molecule has 0 aromatic carbocycles. The molecule has 5 heteroatoms. The molecule has 15 heavy (non-hydrogen) atoms. The maximum atomic E-state index is 10.8. The number of carboxylic acids is 1. The minimum Gasteiger partial charge on any atom is -0.481 e. The molecule has 1 heterocycles.